The Kier molecular flexibility index (Phi) is 22.3. The van der Waals surface area contributed by atoms with Crippen molar-refractivity contribution in [3.63, 3.8) is 0 Å². The number of hydrogen-bond donors (Lipinski definition) is 2. The predicted molar refractivity (Wildman–Crippen MR) is 123 cm³/mol. The Hall–Kier alpha value is -0.570. The molecule has 0 aromatic rings. The third kappa shape index (κ3) is 21.7. The lowest BCUT2D eigenvalue weighted by molar-refractivity contribution is -0.138. The van der Waals surface area contributed by atoms with Crippen LogP contribution in [0.15, 0.2) is 0 Å². The molecule has 1 atom stereocenters. The molecule has 0 rings (SSSR count). The van der Waals surface area contributed by atoms with Crippen LogP contribution < -0.4 is 5.73 Å². The van der Waals surface area contributed by atoms with E-state index in [1.165, 1.54) is 122 Å². The van der Waals surface area contributed by atoms with Crippen molar-refractivity contribution in [3.05, 3.63) is 0 Å². The van der Waals surface area contributed by atoms with Gasteiger partial charge < -0.3 is 10.8 Å². The number of carbonyl (C=O) groups is 1. The predicted octanol–water partition coefficient (Wildman–Crippen LogP) is 8.00. The van der Waals surface area contributed by atoms with Crippen molar-refractivity contribution < 1.29 is 9.90 Å². The fraction of sp³-hybridized carbons (Fsp3) is 0.960. The number of nitrogens with two attached hydrogens (primary N) is 1. The molecule has 0 saturated carbocycles. The van der Waals surface area contributed by atoms with E-state index in [2.05, 4.69) is 6.92 Å². The van der Waals surface area contributed by atoms with Gasteiger partial charge in [0.25, 0.3) is 0 Å². The number of carboxylic acids is 1. The van der Waals surface area contributed by atoms with Gasteiger partial charge in [0, 0.05) is 0 Å². The monoisotopic (exact) mass is 397 g/mol. The van der Waals surface area contributed by atoms with Crippen molar-refractivity contribution in [2.45, 2.75) is 154 Å². The van der Waals surface area contributed by atoms with E-state index >= 15 is 0 Å². The van der Waals surface area contributed by atoms with E-state index < -0.39 is 12.0 Å². The second-order valence-electron chi connectivity index (χ2n) is 8.80. The second-order valence-corrected chi connectivity index (χ2v) is 8.80. The van der Waals surface area contributed by atoms with E-state index in [4.69, 9.17) is 10.8 Å². The Morgan fingerprint density at radius 2 is 0.821 bits per heavy atom. The number of carboxylic acid groups (broad SMARTS) is 1. The van der Waals surface area contributed by atoms with Crippen LogP contribution in [0.2, 0.25) is 0 Å². The molecule has 0 saturated heterocycles. The summed E-state index contributed by atoms with van der Waals surface area (Å²) in [6.45, 7) is 2.29. The van der Waals surface area contributed by atoms with E-state index in [1.54, 1.807) is 0 Å². The highest BCUT2D eigenvalue weighted by Gasteiger charge is 2.09. The second kappa shape index (κ2) is 22.7. The van der Waals surface area contributed by atoms with Gasteiger partial charge in [0.1, 0.15) is 6.04 Å². The van der Waals surface area contributed by atoms with Gasteiger partial charge in [-0.1, -0.05) is 142 Å². The first-order valence-corrected chi connectivity index (χ1v) is 12.7. The fourth-order valence-electron chi connectivity index (χ4n) is 3.92. The Labute approximate surface area is 176 Å². The third-order valence-electron chi connectivity index (χ3n) is 5.94. The Morgan fingerprint density at radius 3 is 1.07 bits per heavy atom. The van der Waals surface area contributed by atoms with Gasteiger partial charge in [0.05, 0.1) is 0 Å². The standard InChI is InChI=1S/C25H51NO2/c1-2-3-4-5-6-7-8-9-10-11-12-13-14-15-16-17-18-19-20-21-22-23-24(26)25(27)28/h24H,2-23,26H2,1H3,(H,27,28)/t24-/m0/s1. The minimum absolute atomic E-state index is 0.619. The Morgan fingerprint density at radius 1 is 0.571 bits per heavy atom. The van der Waals surface area contributed by atoms with Crippen molar-refractivity contribution in [2.75, 3.05) is 0 Å². The first-order valence-electron chi connectivity index (χ1n) is 12.7. The summed E-state index contributed by atoms with van der Waals surface area (Å²) < 4.78 is 0. The van der Waals surface area contributed by atoms with Gasteiger partial charge in [-0.2, -0.15) is 0 Å². The first-order chi connectivity index (χ1) is 13.7. The fourth-order valence-corrected chi connectivity index (χ4v) is 3.92. The highest BCUT2D eigenvalue weighted by Crippen LogP contribution is 2.15. The highest BCUT2D eigenvalue weighted by atomic mass is 16.4. The quantitative estimate of drug-likeness (QED) is 0.172. The summed E-state index contributed by atoms with van der Waals surface area (Å²) in [5, 5.41) is 8.72. The molecule has 0 aliphatic heterocycles. The third-order valence-corrected chi connectivity index (χ3v) is 5.94. The molecule has 3 heteroatoms. The van der Waals surface area contributed by atoms with Crippen LogP contribution in [0.1, 0.15) is 148 Å². The zero-order chi connectivity index (χ0) is 20.7. The molecule has 0 aliphatic rings. The molecule has 0 fully saturated rings. The largest absolute Gasteiger partial charge is 0.480 e. The SMILES string of the molecule is CCCCCCCCCCCCCCCCCCCCCCC[C@H](N)C(=O)O. The van der Waals surface area contributed by atoms with Crippen LogP contribution in [0, 0.1) is 0 Å². The molecule has 0 aromatic carbocycles. The van der Waals surface area contributed by atoms with Crippen LogP contribution in [0.4, 0.5) is 0 Å². The summed E-state index contributed by atoms with van der Waals surface area (Å²) in [4.78, 5) is 10.6. The summed E-state index contributed by atoms with van der Waals surface area (Å²) in [7, 11) is 0. The molecule has 28 heavy (non-hydrogen) atoms. The molecule has 3 N–H and O–H groups in total. The van der Waals surface area contributed by atoms with Gasteiger partial charge in [0.2, 0.25) is 0 Å². The maximum Gasteiger partial charge on any atom is 0.320 e. The highest BCUT2D eigenvalue weighted by molar-refractivity contribution is 5.72. The van der Waals surface area contributed by atoms with Crippen molar-refractivity contribution >= 4 is 5.97 Å². The summed E-state index contributed by atoms with van der Waals surface area (Å²) in [5.41, 5.74) is 5.50. The molecular weight excluding hydrogens is 346 g/mol. The Bertz CT molecular complexity index is 320. The first kappa shape index (κ1) is 27.4. The van der Waals surface area contributed by atoms with Crippen molar-refractivity contribution in [1.29, 1.82) is 0 Å². The van der Waals surface area contributed by atoms with Crippen LogP contribution in [-0.2, 0) is 4.79 Å². The Balaban J connectivity index is 3.04. The molecule has 0 heterocycles. The van der Waals surface area contributed by atoms with Crippen molar-refractivity contribution in [3.8, 4) is 0 Å². The van der Waals surface area contributed by atoms with Gasteiger partial charge >= 0.3 is 5.97 Å². The van der Waals surface area contributed by atoms with Crippen LogP contribution in [0.3, 0.4) is 0 Å². The molecule has 0 radical (unpaired) electrons. The van der Waals surface area contributed by atoms with E-state index in [0.717, 1.165) is 12.8 Å². The van der Waals surface area contributed by atoms with E-state index in [0.29, 0.717) is 6.42 Å². The number of unbranched alkanes of at least 4 members (excludes halogenated alkanes) is 20. The molecular formula is C25H51NO2. The molecule has 168 valence electrons. The lowest BCUT2D eigenvalue weighted by atomic mass is 10.0. The minimum Gasteiger partial charge on any atom is -0.480 e. The molecule has 0 aromatic heterocycles. The molecule has 0 unspecified atom stereocenters. The van der Waals surface area contributed by atoms with E-state index in [-0.39, 0.29) is 0 Å². The van der Waals surface area contributed by atoms with Gasteiger partial charge in [-0.05, 0) is 6.42 Å². The zero-order valence-electron chi connectivity index (χ0n) is 19.1. The smallest absolute Gasteiger partial charge is 0.320 e. The van der Waals surface area contributed by atoms with E-state index in [9.17, 15) is 4.79 Å². The van der Waals surface area contributed by atoms with Gasteiger partial charge in [-0.15, -0.1) is 0 Å². The molecule has 0 amide bonds. The van der Waals surface area contributed by atoms with Gasteiger partial charge in [-0.25, -0.2) is 0 Å². The number of aliphatic carboxylic acids is 1. The van der Waals surface area contributed by atoms with E-state index in [1.807, 2.05) is 0 Å². The van der Waals surface area contributed by atoms with Crippen LogP contribution in [0.25, 0.3) is 0 Å². The van der Waals surface area contributed by atoms with Crippen LogP contribution in [0.5, 0.6) is 0 Å². The number of hydrogen-bond acceptors (Lipinski definition) is 2. The number of rotatable bonds is 23. The van der Waals surface area contributed by atoms with Crippen molar-refractivity contribution in [1.82, 2.24) is 0 Å². The average molecular weight is 398 g/mol. The zero-order valence-corrected chi connectivity index (χ0v) is 19.1. The van der Waals surface area contributed by atoms with Crippen LogP contribution in [-0.4, -0.2) is 17.1 Å². The maximum absolute atomic E-state index is 10.6. The molecule has 0 aliphatic carbocycles. The minimum atomic E-state index is -0.867. The average Bonchev–Trinajstić information content (AvgIpc) is 2.68. The summed E-state index contributed by atoms with van der Waals surface area (Å²) in [6, 6.07) is -0.666. The lowest BCUT2D eigenvalue weighted by Gasteiger charge is -2.06. The summed E-state index contributed by atoms with van der Waals surface area (Å²) in [5.74, 6) is -0.867. The maximum atomic E-state index is 10.6. The molecule has 3 nitrogen and oxygen atoms in total. The summed E-state index contributed by atoms with van der Waals surface area (Å²) in [6.07, 6.45) is 29.4. The lowest BCUT2D eigenvalue weighted by Crippen LogP contribution is -2.29. The normalized spacial score (nSPS) is 12.4. The van der Waals surface area contributed by atoms with Crippen molar-refractivity contribution in [2.24, 2.45) is 5.73 Å². The van der Waals surface area contributed by atoms with Gasteiger partial charge in [0.15, 0.2) is 0 Å². The van der Waals surface area contributed by atoms with Crippen LogP contribution >= 0.6 is 0 Å². The molecule has 0 bridgehead atoms. The molecule has 0 spiro atoms. The summed E-state index contributed by atoms with van der Waals surface area (Å²) >= 11 is 0. The topological polar surface area (TPSA) is 63.3 Å². The van der Waals surface area contributed by atoms with Gasteiger partial charge in [-0.3, -0.25) is 4.79 Å².